The Kier molecular flexibility index (Phi) is 4.43. The van der Waals surface area contributed by atoms with Crippen molar-refractivity contribution >= 4 is 22.2 Å². The average molecular weight is 335 g/mol. The number of hydrogen-bond donors (Lipinski definition) is 0. The molecule has 4 rings (SSSR count). The second-order valence-corrected chi connectivity index (χ2v) is 8.69. The van der Waals surface area contributed by atoms with Crippen LogP contribution in [0.5, 0.6) is 0 Å². The van der Waals surface area contributed by atoms with E-state index in [9.17, 15) is 0 Å². The normalized spacial score (nSPS) is 19.8. The van der Waals surface area contributed by atoms with E-state index in [0.717, 1.165) is 5.92 Å². The number of fused-ring (bicyclic) bond motifs is 3. The Labute approximate surface area is 152 Å². The van der Waals surface area contributed by atoms with Crippen LogP contribution in [0.1, 0.15) is 71.3 Å². The minimum Gasteiger partial charge on any atom is -0.199 e. The zero-order chi connectivity index (χ0) is 17.4. The lowest BCUT2D eigenvalue weighted by atomic mass is 9.80. The molecule has 1 nitrogen and oxygen atoms in total. The molecule has 0 radical (unpaired) electrons. The van der Waals surface area contributed by atoms with Crippen molar-refractivity contribution in [1.29, 1.82) is 0 Å². The van der Waals surface area contributed by atoms with Crippen LogP contribution in [0.25, 0.3) is 10.8 Å². The van der Waals surface area contributed by atoms with E-state index in [1.165, 1.54) is 79.2 Å². The molecule has 132 valence electrons. The van der Waals surface area contributed by atoms with Crippen molar-refractivity contribution in [2.24, 2.45) is 5.92 Å². The highest BCUT2D eigenvalue weighted by molar-refractivity contribution is 6.01. The predicted molar refractivity (Wildman–Crippen MR) is 108 cm³/mol. The summed E-state index contributed by atoms with van der Waals surface area (Å²) in [5.41, 5.74) is 4.61. The maximum absolute atomic E-state index is 2.61. The van der Waals surface area contributed by atoms with Gasteiger partial charge in [0, 0.05) is 25.0 Å². The van der Waals surface area contributed by atoms with Gasteiger partial charge in [0.1, 0.15) is 6.54 Å². The third kappa shape index (κ3) is 2.92. The van der Waals surface area contributed by atoms with Crippen LogP contribution in [0, 0.1) is 5.92 Å². The van der Waals surface area contributed by atoms with Gasteiger partial charge in [-0.2, -0.15) is 4.58 Å². The van der Waals surface area contributed by atoms with Crippen LogP contribution >= 0.6 is 0 Å². The lowest BCUT2D eigenvalue weighted by Crippen LogP contribution is -2.26. The van der Waals surface area contributed by atoms with Gasteiger partial charge in [0.2, 0.25) is 5.69 Å². The van der Waals surface area contributed by atoms with E-state index >= 15 is 0 Å². The summed E-state index contributed by atoms with van der Waals surface area (Å²) in [7, 11) is 0. The van der Waals surface area contributed by atoms with Crippen molar-refractivity contribution in [1.82, 2.24) is 0 Å². The Bertz CT molecular complexity index is 806. The molecule has 1 aliphatic heterocycles. The first-order valence-corrected chi connectivity index (χ1v) is 10.2. The van der Waals surface area contributed by atoms with Crippen LogP contribution < -0.4 is 0 Å². The molecule has 1 heterocycles. The molecule has 2 aromatic rings. The summed E-state index contributed by atoms with van der Waals surface area (Å²) < 4.78 is 2.61. The number of unbranched alkanes of at least 4 members (excludes halogenated alkanes) is 1. The van der Waals surface area contributed by atoms with E-state index in [-0.39, 0.29) is 5.41 Å². The van der Waals surface area contributed by atoms with Crippen LogP contribution in [0.4, 0.5) is 5.69 Å². The fourth-order valence-corrected chi connectivity index (χ4v) is 5.13. The Morgan fingerprint density at radius 3 is 2.56 bits per heavy atom. The zero-order valence-corrected chi connectivity index (χ0v) is 16.1. The molecule has 25 heavy (non-hydrogen) atoms. The van der Waals surface area contributed by atoms with E-state index in [1.807, 2.05) is 0 Å². The van der Waals surface area contributed by atoms with Crippen LogP contribution in [0.2, 0.25) is 0 Å². The van der Waals surface area contributed by atoms with Crippen molar-refractivity contribution in [3.8, 4) is 0 Å². The number of hydrogen-bond acceptors (Lipinski definition) is 0. The zero-order valence-electron chi connectivity index (χ0n) is 16.1. The second kappa shape index (κ2) is 6.59. The van der Waals surface area contributed by atoms with Crippen molar-refractivity contribution in [2.45, 2.75) is 71.1 Å². The minimum atomic E-state index is 0.127. The quantitative estimate of drug-likeness (QED) is 0.428. The number of benzene rings is 2. The van der Waals surface area contributed by atoms with Gasteiger partial charge in [-0.1, -0.05) is 56.4 Å². The topological polar surface area (TPSA) is 3.01 Å². The molecule has 0 aromatic heterocycles. The monoisotopic (exact) mass is 334 g/mol. The van der Waals surface area contributed by atoms with E-state index in [0.29, 0.717) is 0 Å². The smallest absolute Gasteiger partial charge is 0.199 e. The van der Waals surface area contributed by atoms with Gasteiger partial charge in [-0.15, -0.1) is 0 Å². The summed E-state index contributed by atoms with van der Waals surface area (Å²) in [6.07, 6.45) is 10.1. The second-order valence-electron chi connectivity index (χ2n) is 8.69. The molecule has 1 aliphatic carbocycles. The molecule has 0 amide bonds. The maximum atomic E-state index is 2.61. The largest absolute Gasteiger partial charge is 0.210 e. The van der Waals surface area contributed by atoms with Gasteiger partial charge in [-0.25, -0.2) is 0 Å². The van der Waals surface area contributed by atoms with Crippen molar-refractivity contribution < 1.29 is 4.58 Å². The van der Waals surface area contributed by atoms with E-state index in [4.69, 9.17) is 0 Å². The van der Waals surface area contributed by atoms with Crippen LogP contribution in [-0.4, -0.2) is 16.8 Å². The molecule has 1 saturated carbocycles. The molecule has 0 bridgehead atoms. The Morgan fingerprint density at radius 1 is 1.00 bits per heavy atom. The van der Waals surface area contributed by atoms with Crippen LogP contribution in [0.3, 0.4) is 0 Å². The van der Waals surface area contributed by atoms with Gasteiger partial charge in [0.05, 0.1) is 5.41 Å². The maximum Gasteiger partial charge on any atom is 0.210 e. The van der Waals surface area contributed by atoms with Crippen molar-refractivity contribution in [3.63, 3.8) is 0 Å². The molecule has 1 heteroatoms. The Balaban J connectivity index is 1.56. The molecular weight excluding hydrogens is 302 g/mol. The first-order valence-electron chi connectivity index (χ1n) is 10.2. The van der Waals surface area contributed by atoms with Gasteiger partial charge in [-0.05, 0) is 43.0 Å². The molecule has 2 aromatic carbocycles. The standard InChI is InChI=1S/C24H32N/c1-18-24(2,3)23-21-14-7-6-13-20(21)15-16-22(23)25(18)17-9-8-12-19-10-4-5-11-19/h6-7,13-16,19H,4-5,8-12,17H2,1-3H3/q+1. The van der Waals surface area contributed by atoms with Crippen molar-refractivity contribution in [2.75, 3.05) is 6.54 Å². The highest BCUT2D eigenvalue weighted by Crippen LogP contribution is 2.43. The first kappa shape index (κ1) is 16.8. The summed E-state index contributed by atoms with van der Waals surface area (Å²) in [5.74, 6) is 1.02. The summed E-state index contributed by atoms with van der Waals surface area (Å²) in [6, 6.07) is 13.5. The summed E-state index contributed by atoms with van der Waals surface area (Å²) in [4.78, 5) is 0. The molecule has 0 atom stereocenters. The molecular formula is C24H32N+. The van der Waals surface area contributed by atoms with Gasteiger partial charge < -0.3 is 0 Å². The molecule has 2 aliphatic rings. The summed E-state index contributed by atoms with van der Waals surface area (Å²) in [6.45, 7) is 8.30. The highest BCUT2D eigenvalue weighted by atomic mass is 15.1. The fraction of sp³-hybridized carbons (Fsp3) is 0.542. The Morgan fingerprint density at radius 2 is 1.76 bits per heavy atom. The molecule has 0 spiro atoms. The lowest BCUT2D eigenvalue weighted by molar-refractivity contribution is -0.439. The average Bonchev–Trinajstić information content (AvgIpc) is 3.19. The van der Waals surface area contributed by atoms with E-state index in [2.05, 4.69) is 61.7 Å². The van der Waals surface area contributed by atoms with Gasteiger partial charge in [-0.3, -0.25) is 0 Å². The van der Waals surface area contributed by atoms with Crippen LogP contribution in [0.15, 0.2) is 36.4 Å². The van der Waals surface area contributed by atoms with Gasteiger partial charge >= 0.3 is 0 Å². The Hall–Kier alpha value is -1.63. The predicted octanol–water partition coefficient (Wildman–Crippen LogP) is 6.60. The van der Waals surface area contributed by atoms with E-state index < -0.39 is 0 Å². The van der Waals surface area contributed by atoms with Crippen molar-refractivity contribution in [3.05, 3.63) is 42.0 Å². The molecule has 0 unspecified atom stereocenters. The summed E-state index contributed by atoms with van der Waals surface area (Å²) in [5, 5.41) is 2.79. The first-order chi connectivity index (χ1) is 12.1. The van der Waals surface area contributed by atoms with Gasteiger partial charge in [0.25, 0.3) is 0 Å². The molecule has 1 fully saturated rings. The van der Waals surface area contributed by atoms with E-state index in [1.54, 1.807) is 0 Å². The molecule has 0 N–H and O–H groups in total. The van der Waals surface area contributed by atoms with Crippen LogP contribution in [-0.2, 0) is 5.41 Å². The number of nitrogens with zero attached hydrogens (tertiary/aromatic N) is 1. The lowest BCUT2D eigenvalue weighted by Gasteiger charge is -2.17. The SMILES string of the molecule is CC1=[N+](CCCCC2CCCC2)c2ccc3ccccc3c2C1(C)C. The molecule has 0 saturated heterocycles. The number of rotatable bonds is 5. The minimum absolute atomic E-state index is 0.127. The summed E-state index contributed by atoms with van der Waals surface area (Å²) >= 11 is 0. The van der Waals surface area contributed by atoms with Gasteiger partial charge in [0.15, 0.2) is 5.71 Å². The third-order valence-corrected chi connectivity index (χ3v) is 6.85. The fourth-order valence-electron chi connectivity index (χ4n) is 5.13. The third-order valence-electron chi connectivity index (χ3n) is 6.85. The highest BCUT2D eigenvalue weighted by Gasteiger charge is 2.43.